The number of fused-ring (bicyclic) bond motifs is 1. The van der Waals surface area contributed by atoms with E-state index >= 15 is 0 Å². The summed E-state index contributed by atoms with van der Waals surface area (Å²) in [4.78, 5) is 21.5. The van der Waals surface area contributed by atoms with Crippen molar-refractivity contribution in [3.05, 3.63) is 59.3 Å². The van der Waals surface area contributed by atoms with Crippen LogP contribution in [0, 0.1) is 11.3 Å². The number of nitriles is 1. The van der Waals surface area contributed by atoms with Crippen molar-refractivity contribution in [3.63, 3.8) is 0 Å². The molecule has 0 bridgehead atoms. The van der Waals surface area contributed by atoms with Gasteiger partial charge in [0.15, 0.2) is 8.32 Å². The molecule has 2 heterocycles. The van der Waals surface area contributed by atoms with Gasteiger partial charge in [-0.2, -0.15) is 5.26 Å². The maximum Gasteiger partial charge on any atom is 0.251 e. The van der Waals surface area contributed by atoms with Gasteiger partial charge in [0.1, 0.15) is 11.8 Å². The number of carbonyl (C=O) groups excluding carboxylic acids is 1. The zero-order chi connectivity index (χ0) is 30.9. The van der Waals surface area contributed by atoms with Crippen molar-refractivity contribution in [3.8, 4) is 23.1 Å². The second-order valence-corrected chi connectivity index (χ2v) is 17.7. The SMILES string of the molecule is CNC(=O)c1ccc(OC(C)C)c(Nc2nccc(-c3cc(C#N)c4c(c3)[C@@](C)(CO[Si](C)(C)C(C)(C)C)CN4)n2)c1. The highest BCUT2D eigenvalue weighted by Gasteiger charge is 2.42. The molecule has 1 amide bonds. The summed E-state index contributed by atoms with van der Waals surface area (Å²) in [6, 6.07) is 13.4. The molecule has 0 saturated heterocycles. The molecule has 0 saturated carbocycles. The van der Waals surface area contributed by atoms with Gasteiger partial charge in [-0.15, -0.1) is 0 Å². The number of benzene rings is 2. The number of carbonyl (C=O) groups is 1. The molecule has 3 N–H and O–H groups in total. The van der Waals surface area contributed by atoms with Crippen molar-refractivity contribution in [1.82, 2.24) is 15.3 Å². The lowest BCUT2D eigenvalue weighted by Crippen LogP contribution is -2.45. The largest absolute Gasteiger partial charge is 0.489 e. The molecule has 0 spiro atoms. The summed E-state index contributed by atoms with van der Waals surface area (Å²) in [5, 5.41) is 19.5. The molecule has 0 unspecified atom stereocenters. The van der Waals surface area contributed by atoms with Crippen molar-refractivity contribution in [2.75, 3.05) is 30.8 Å². The quantitative estimate of drug-likeness (QED) is 0.240. The lowest BCUT2D eigenvalue weighted by molar-refractivity contribution is 0.0963. The Morgan fingerprint density at radius 1 is 1.21 bits per heavy atom. The lowest BCUT2D eigenvalue weighted by Gasteiger charge is -2.39. The Balaban J connectivity index is 1.69. The van der Waals surface area contributed by atoms with Crippen LogP contribution >= 0.6 is 0 Å². The van der Waals surface area contributed by atoms with Gasteiger partial charge in [0.2, 0.25) is 5.95 Å². The first kappa shape index (κ1) is 31.0. The van der Waals surface area contributed by atoms with Crippen LogP contribution in [0.25, 0.3) is 11.3 Å². The fourth-order valence-corrected chi connectivity index (χ4v) is 5.69. The predicted octanol–water partition coefficient (Wildman–Crippen LogP) is 6.61. The molecule has 1 aromatic heterocycles. The summed E-state index contributed by atoms with van der Waals surface area (Å²) in [6.07, 6.45) is 1.61. The van der Waals surface area contributed by atoms with E-state index in [1.807, 2.05) is 26.0 Å². The van der Waals surface area contributed by atoms with E-state index in [-0.39, 0.29) is 22.5 Å². The first-order valence-electron chi connectivity index (χ1n) is 14.3. The maximum absolute atomic E-state index is 12.3. The van der Waals surface area contributed by atoms with E-state index in [1.165, 1.54) is 0 Å². The van der Waals surface area contributed by atoms with E-state index in [0.717, 1.165) is 16.8 Å². The van der Waals surface area contributed by atoms with Gasteiger partial charge in [-0.3, -0.25) is 4.79 Å². The summed E-state index contributed by atoms with van der Waals surface area (Å²) < 4.78 is 12.6. The second-order valence-electron chi connectivity index (χ2n) is 12.9. The summed E-state index contributed by atoms with van der Waals surface area (Å²) in [5.74, 6) is 0.719. The van der Waals surface area contributed by atoms with E-state index < -0.39 is 8.32 Å². The molecule has 10 heteroatoms. The van der Waals surface area contributed by atoms with Crippen molar-refractivity contribution in [2.45, 2.75) is 71.2 Å². The third kappa shape index (κ3) is 6.42. The molecule has 2 aromatic carbocycles. The highest BCUT2D eigenvalue weighted by Crippen LogP contribution is 2.44. The molecule has 9 nitrogen and oxygen atoms in total. The lowest BCUT2D eigenvalue weighted by atomic mass is 9.83. The number of hydrogen-bond donors (Lipinski definition) is 3. The van der Waals surface area contributed by atoms with Crippen LogP contribution < -0.4 is 20.7 Å². The molecule has 42 heavy (non-hydrogen) atoms. The Morgan fingerprint density at radius 2 is 1.95 bits per heavy atom. The first-order chi connectivity index (χ1) is 19.7. The Hall–Kier alpha value is -3.94. The van der Waals surface area contributed by atoms with Gasteiger partial charge in [0.25, 0.3) is 5.91 Å². The number of anilines is 3. The van der Waals surface area contributed by atoms with Crippen LogP contribution in [0.4, 0.5) is 17.3 Å². The smallest absolute Gasteiger partial charge is 0.251 e. The molecule has 0 fully saturated rings. The minimum absolute atomic E-state index is 0.0667. The Labute approximate surface area is 250 Å². The molecule has 4 rings (SSSR count). The van der Waals surface area contributed by atoms with Crippen molar-refractivity contribution < 1.29 is 14.0 Å². The van der Waals surface area contributed by atoms with Crippen LogP contribution in [0.5, 0.6) is 5.75 Å². The van der Waals surface area contributed by atoms with Crippen LogP contribution in [0.1, 0.15) is 63.0 Å². The predicted molar refractivity (Wildman–Crippen MR) is 170 cm³/mol. The van der Waals surface area contributed by atoms with Crippen LogP contribution in [0.2, 0.25) is 18.1 Å². The van der Waals surface area contributed by atoms with Crippen molar-refractivity contribution in [1.29, 1.82) is 5.26 Å². The van der Waals surface area contributed by atoms with Gasteiger partial charge >= 0.3 is 0 Å². The molecular weight excluding hydrogens is 544 g/mol. The number of hydrogen-bond acceptors (Lipinski definition) is 8. The molecule has 1 aliphatic heterocycles. The van der Waals surface area contributed by atoms with Crippen molar-refractivity contribution in [2.24, 2.45) is 0 Å². The van der Waals surface area contributed by atoms with Crippen LogP contribution in [-0.4, -0.2) is 50.5 Å². The van der Waals surface area contributed by atoms with Gasteiger partial charge in [-0.1, -0.05) is 27.7 Å². The highest BCUT2D eigenvalue weighted by atomic mass is 28.4. The van der Waals surface area contributed by atoms with Gasteiger partial charge in [0, 0.05) is 42.9 Å². The summed E-state index contributed by atoms with van der Waals surface area (Å²) in [6.45, 7) is 18.5. The Kier molecular flexibility index (Phi) is 8.67. The molecular formula is C32H42N6O3Si. The van der Waals surface area contributed by atoms with Gasteiger partial charge < -0.3 is 25.1 Å². The van der Waals surface area contributed by atoms with Crippen molar-refractivity contribution >= 4 is 31.5 Å². The topological polar surface area (TPSA) is 121 Å². The molecule has 222 valence electrons. The first-order valence-corrected chi connectivity index (χ1v) is 17.2. The molecule has 0 aliphatic carbocycles. The fourth-order valence-electron chi connectivity index (χ4n) is 4.58. The number of amides is 1. The summed E-state index contributed by atoms with van der Waals surface area (Å²) in [7, 11) is -0.381. The van der Waals surface area contributed by atoms with E-state index in [0.29, 0.717) is 47.4 Å². The third-order valence-electron chi connectivity index (χ3n) is 8.15. The normalized spacial score (nSPS) is 16.4. The number of rotatable bonds is 9. The van der Waals surface area contributed by atoms with E-state index in [2.05, 4.69) is 73.9 Å². The van der Waals surface area contributed by atoms with Gasteiger partial charge in [-0.25, -0.2) is 9.97 Å². The monoisotopic (exact) mass is 586 g/mol. The van der Waals surface area contributed by atoms with E-state index in [4.69, 9.17) is 14.1 Å². The molecule has 0 radical (unpaired) electrons. The number of nitrogens with one attached hydrogen (secondary N) is 3. The Bertz CT molecular complexity index is 1530. The molecule has 1 aliphatic rings. The average Bonchev–Trinajstić information content (AvgIpc) is 3.28. The average molecular weight is 587 g/mol. The minimum Gasteiger partial charge on any atom is -0.489 e. The van der Waals surface area contributed by atoms with Crippen LogP contribution in [-0.2, 0) is 9.84 Å². The maximum atomic E-state index is 12.3. The summed E-state index contributed by atoms with van der Waals surface area (Å²) in [5.41, 5.74) is 4.72. The van der Waals surface area contributed by atoms with Crippen LogP contribution in [0.3, 0.4) is 0 Å². The van der Waals surface area contributed by atoms with Gasteiger partial charge in [0.05, 0.1) is 28.7 Å². The minimum atomic E-state index is -1.97. The number of nitrogens with zero attached hydrogens (tertiary/aromatic N) is 3. The second kappa shape index (κ2) is 11.7. The highest BCUT2D eigenvalue weighted by molar-refractivity contribution is 6.74. The van der Waals surface area contributed by atoms with Crippen LogP contribution in [0.15, 0.2) is 42.6 Å². The third-order valence-corrected chi connectivity index (χ3v) is 12.6. The molecule has 3 aromatic rings. The zero-order valence-electron chi connectivity index (χ0n) is 26.1. The fraction of sp³-hybridized carbons (Fsp3) is 0.438. The summed E-state index contributed by atoms with van der Waals surface area (Å²) >= 11 is 0. The number of aromatic nitrogens is 2. The molecule has 1 atom stereocenters. The Morgan fingerprint density at radius 3 is 2.60 bits per heavy atom. The zero-order valence-corrected chi connectivity index (χ0v) is 27.1. The van der Waals surface area contributed by atoms with Gasteiger partial charge in [-0.05, 0) is 73.9 Å². The number of ether oxygens (including phenoxy) is 1. The van der Waals surface area contributed by atoms with E-state index in [1.54, 1.807) is 31.4 Å². The van der Waals surface area contributed by atoms with E-state index in [9.17, 15) is 10.1 Å². The standard InChI is InChI=1S/C32H42N6O3Si/c1-20(2)41-27-11-10-21(29(39)34-7)16-26(27)38-30-35-13-12-25(37-30)22-14-23(17-33)28-24(15-22)32(6,18-36-28)19-40-42(8,9)31(3,4)5/h10-16,20,36H,18-19H2,1-9H3,(H,34,39)(H,35,37,38)/t32-/m1/s1.